The lowest BCUT2D eigenvalue weighted by Crippen LogP contribution is -2.13. The topological polar surface area (TPSA) is 48.7 Å². The van der Waals surface area contributed by atoms with Crippen LogP contribution in [-0.2, 0) is 0 Å². The number of hydrogen-bond donors (Lipinski definition) is 1. The number of pyridine rings is 1. The van der Waals surface area contributed by atoms with Gasteiger partial charge in [-0.1, -0.05) is 25.1 Å². The Morgan fingerprint density at radius 1 is 1.26 bits per heavy atom. The van der Waals surface area contributed by atoms with Crippen molar-refractivity contribution in [2.24, 2.45) is 0 Å². The molecule has 1 atom stereocenters. The monoisotopic (exact) mass is 269 g/mol. The molecule has 1 aromatic carbocycles. The van der Waals surface area contributed by atoms with Crippen molar-refractivity contribution in [1.29, 1.82) is 5.26 Å². The molecule has 1 unspecified atom stereocenters. The van der Waals surface area contributed by atoms with Gasteiger partial charge in [-0.3, -0.25) is 0 Å². The molecule has 0 saturated carbocycles. The van der Waals surface area contributed by atoms with Gasteiger partial charge < -0.3 is 5.32 Å². The second kappa shape index (κ2) is 6.81. The number of nitrogens with zero attached hydrogens (tertiary/aromatic N) is 2. The smallest absolute Gasteiger partial charge is 0.126 e. The van der Waals surface area contributed by atoms with Gasteiger partial charge in [-0.25, -0.2) is 4.98 Å². The summed E-state index contributed by atoms with van der Waals surface area (Å²) in [5, 5.41) is 12.4. The van der Waals surface area contributed by atoms with Crippen LogP contribution in [0.4, 0.5) is 5.82 Å². The minimum atomic E-state index is 0.444. The van der Waals surface area contributed by atoms with Gasteiger partial charge in [0, 0.05) is 22.9 Å². The minimum absolute atomic E-state index is 0.444. The van der Waals surface area contributed by atoms with Crippen LogP contribution in [0.3, 0.4) is 0 Å². The molecule has 1 N–H and O–H groups in total. The molecule has 0 aliphatic heterocycles. The van der Waals surface area contributed by atoms with E-state index in [9.17, 15) is 0 Å². The summed E-state index contributed by atoms with van der Waals surface area (Å²) in [5.41, 5.74) is 0.581. The molecule has 1 heterocycles. The normalized spacial score (nSPS) is 11.6. The second-order valence-corrected chi connectivity index (χ2v) is 5.68. The van der Waals surface area contributed by atoms with Crippen LogP contribution in [0, 0.1) is 11.3 Å². The molecule has 96 valence electrons. The predicted octanol–water partition coefficient (Wildman–Crippen LogP) is 3.55. The zero-order valence-corrected chi connectivity index (χ0v) is 11.5. The molecule has 1 aromatic heterocycles. The average Bonchev–Trinajstić information content (AvgIpc) is 2.47. The van der Waals surface area contributed by atoms with E-state index in [1.165, 1.54) is 4.90 Å². The fourth-order valence-corrected chi connectivity index (χ4v) is 2.53. The summed E-state index contributed by atoms with van der Waals surface area (Å²) in [6.45, 7) is 3.01. The Bertz CT molecular complexity index is 546. The number of nitriles is 1. The lowest BCUT2D eigenvalue weighted by molar-refractivity contribution is 0.987. The van der Waals surface area contributed by atoms with E-state index >= 15 is 0 Å². The van der Waals surface area contributed by atoms with E-state index in [0.717, 1.165) is 12.4 Å². The van der Waals surface area contributed by atoms with E-state index in [1.807, 2.05) is 36.0 Å². The number of rotatable bonds is 5. The van der Waals surface area contributed by atoms with Crippen molar-refractivity contribution in [3.8, 4) is 6.07 Å². The van der Waals surface area contributed by atoms with Crippen LogP contribution in [0.5, 0.6) is 0 Å². The van der Waals surface area contributed by atoms with Crippen LogP contribution < -0.4 is 5.32 Å². The number of nitrogens with one attached hydrogen (secondary N) is 1. The first-order chi connectivity index (χ1) is 9.28. The fraction of sp³-hybridized carbons (Fsp3) is 0.200. The highest BCUT2D eigenvalue weighted by Gasteiger charge is 2.04. The van der Waals surface area contributed by atoms with E-state index in [4.69, 9.17) is 5.26 Å². The summed E-state index contributed by atoms with van der Waals surface area (Å²) >= 11 is 1.83. The van der Waals surface area contributed by atoms with Gasteiger partial charge >= 0.3 is 0 Å². The summed E-state index contributed by atoms with van der Waals surface area (Å²) in [6.07, 6.45) is 1.58. The van der Waals surface area contributed by atoms with E-state index in [1.54, 1.807) is 12.3 Å². The van der Waals surface area contributed by atoms with Gasteiger partial charge in [0.1, 0.15) is 11.9 Å². The van der Waals surface area contributed by atoms with Gasteiger partial charge in [-0.15, -0.1) is 11.8 Å². The maximum Gasteiger partial charge on any atom is 0.126 e. The number of benzene rings is 1. The Hall–Kier alpha value is -1.99. The maximum absolute atomic E-state index is 8.70. The van der Waals surface area contributed by atoms with Crippen molar-refractivity contribution >= 4 is 17.6 Å². The number of aromatic nitrogens is 1. The summed E-state index contributed by atoms with van der Waals surface area (Å²) in [5.74, 6) is 0.805. The molecule has 0 aliphatic rings. The molecule has 4 heteroatoms. The Morgan fingerprint density at radius 2 is 2.05 bits per heavy atom. The number of thioether (sulfide) groups is 1. The van der Waals surface area contributed by atoms with Crippen LogP contribution in [0.1, 0.15) is 12.5 Å². The Morgan fingerprint density at radius 3 is 2.68 bits per heavy atom. The van der Waals surface area contributed by atoms with Crippen molar-refractivity contribution in [2.45, 2.75) is 17.1 Å². The lowest BCUT2D eigenvalue weighted by atomic mass is 10.3. The molecule has 2 aromatic rings. The molecule has 0 bridgehead atoms. The lowest BCUT2D eigenvalue weighted by Gasteiger charge is -2.12. The molecule has 0 spiro atoms. The van der Waals surface area contributed by atoms with Gasteiger partial charge in [0.2, 0.25) is 0 Å². The second-order valence-electron chi connectivity index (χ2n) is 4.17. The third-order valence-electron chi connectivity index (χ3n) is 2.54. The summed E-state index contributed by atoms with van der Waals surface area (Å²) in [7, 11) is 0. The number of anilines is 1. The molecule has 3 nitrogen and oxygen atoms in total. The molecule has 0 radical (unpaired) electrons. The first-order valence-electron chi connectivity index (χ1n) is 6.09. The summed E-state index contributed by atoms with van der Waals surface area (Å²) in [6, 6.07) is 16.0. The molecular formula is C15H15N3S. The van der Waals surface area contributed by atoms with E-state index < -0.39 is 0 Å². The first-order valence-corrected chi connectivity index (χ1v) is 6.97. The van der Waals surface area contributed by atoms with E-state index in [-0.39, 0.29) is 0 Å². The molecule has 0 fully saturated rings. The van der Waals surface area contributed by atoms with Crippen molar-refractivity contribution in [1.82, 2.24) is 4.98 Å². The predicted molar refractivity (Wildman–Crippen MR) is 79.2 cm³/mol. The Labute approximate surface area is 117 Å². The molecule has 0 aliphatic carbocycles. The Kier molecular flexibility index (Phi) is 4.82. The van der Waals surface area contributed by atoms with Crippen molar-refractivity contribution in [3.05, 3.63) is 54.2 Å². The third-order valence-corrected chi connectivity index (χ3v) is 3.66. The maximum atomic E-state index is 8.70. The van der Waals surface area contributed by atoms with Crippen LogP contribution in [-0.4, -0.2) is 16.8 Å². The van der Waals surface area contributed by atoms with E-state index in [2.05, 4.69) is 35.4 Å². The fourth-order valence-electron chi connectivity index (χ4n) is 1.59. The van der Waals surface area contributed by atoms with Gasteiger partial charge in [-0.05, 0) is 24.3 Å². The molecule has 0 amide bonds. The third kappa shape index (κ3) is 4.31. The van der Waals surface area contributed by atoms with Gasteiger partial charge in [0.05, 0.1) is 5.56 Å². The van der Waals surface area contributed by atoms with Gasteiger partial charge in [0.15, 0.2) is 0 Å². The molecular weight excluding hydrogens is 254 g/mol. The largest absolute Gasteiger partial charge is 0.369 e. The minimum Gasteiger partial charge on any atom is -0.369 e. The van der Waals surface area contributed by atoms with Crippen LogP contribution in [0.25, 0.3) is 0 Å². The number of hydrogen-bond acceptors (Lipinski definition) is 4. The standard InChI is InChI=1S/C15H15N3S/c1-12(19-14-5-3-2-4-6-14)10-17-15-8-7-13(9-16)11-18-15/h2-8,11-12H,10H2,1H3,(H,17,18). The SMILES string of the molecule is CC(CNc1ccc(C#N)cn1)Sc1ccccc1. The zero-order valence-electron chi connectivity index (χ0n) is 10.7. The van der Waals surface area contributed by atoms with E-state index in [0.29, 0.717) is 10.8 Å². The van der Waals surface area contributed by atoms with Crippen LogP contribution >= 0.6 is 11.8 Å². The highest BCUT2D eigenvalue weighted by atomic mass is 32.2. The average molecular weight is 269 g/mol. The van der Waals surface area contributed by atoms with Crippen LogP contribution in [0.15, 0.2) is 53.6 Å². The summed E-state index contributed by atoms with van der Waals surface area (Å²) < 4.78 is 0. The zero-order chi connectivity index (χ0) is 13.5. The summed E-state index contributed by atoms with van der Waals surface area (Å²) in [4.78, 5) is 5.45. The molecule has 0 saturated heterocycles. The van der Waals surface area contributed by atoms with Crippen molar-refractivity contribution in [3.63, 3.8) is 0 Å². The molecule has 2 rings (SSSR count). The van der Waals surface area contributed by atoms with Crippen LogP contribution in [0.2, 0.25) is 0 Å². The Balaban J connectivity index is 1.83. The van der Waals surface area contributed by atoms with Gasteiger partial charge in [-0.2, -0.15) is 5.26 Å². The quantitative estimate of drug-likeness (QED) is 0.843. The first kappa shape index (κ1) is 13.4. The molecule has 19 heavy (non-hydrogen) atoms. The highest BCUT2D eigenvalue weighted by molar-refractivity contribution is 8.00. The van der Waals surface area contributed by atoms with Gasteiger partial charge in [0.25, 0.3) is 0 Å². The van der Waals surface area contributed by atoms with Crippen molar-refractivity contribution < 1.29 is 0 Å². The van der Waals surface area contributed by atoms with Crippen molar-refractivity contribution in [2.75, 3.05) is 11.9 Å². The highest BCUT2D eigenvalue weighted by Crippen LogP contribution is 2.22.